The Morgan fingerprint density at radius 1 is 0.972 bits per heavy atom. The second kappa shape index (κ2) is 11.0. The van der Waals surface area contributed by atoms with Crippen LogP contribution in [-0.4, -0.2) is 49.1 Å². The highest BCUT2D eigenvalue weighted by Crippen LogP contribution is 2.40. The molecule has 186 valence electrons. The lowest BCUT2D eigenvalue weighted by Crippen LogP contribution is -2.32. The van der Waals surface area contributed by atoms with E-state index < -0.39 is 17.7 Å². The Kier molecular flexibility index (Phi) is 7.65. The standard InChI is InChI=1S/C28H26FNO6/c1-34-15-14-30-25(19-8-12-22(13-9-19)36-17-18-6-10-21(29)11-7-18)24(27(32)28(30)33)26(31)20-4-3-5-23(16-20)35-2/h3-13,16,25,31H,14-15,17H2,1-2H3/b26-24-. The molecule has 4 rings (SSSR count). The summed E-state index contributed by atoms with van der Waals surface area (Å²) in [6.45, 7) is 0.646. The molecule has 1 atom stereocenters. The maximum Gasteiger partial charge on any atom is 0.295 e. The highest BCUT2D eigenvalue weighted by molar-refractivity contribution is 6.46. The van der Waals surface area contributed by atoms with Crippen molar-refractivity contribution >= 4 is 17.4 Å². The van der Waals surface area contributed by atoms with E-state index in [0.717, 1.165) is 5.56 Å². The quantitative estimate of drug-likeness (QED) is 0.270. The number of ether oxygens (including phenoxy) is 3. The first-order valence-corrected chi connectivity index (χ1v) is 11.3. The fourth-order valence-electron chi connectivity index (χ4n) is 4.07. The first-order chi connectivity index (χ1) is 17.4. The van der Waals surface area contributed by atoms with Crippen molar-refractivity contribution in [3.63, 3.8) is 0 Å². The zero-order valence-electron chi connectivity index (χ0n) is 19.9. The number of halogens is 1. The lowest BCUT2D eigenvalue weighted by atomic mass is 9.95. The molecule has 0 aromatic heterocycles. The van der Waals surface area contributed by atoms with Crippen LogP contribution in [0, 0.1) is 5.82 Å². The average Bonchev–Trinajstić information content (AvgIpc) is 3.16. The number of aliphatic hydroxyl groups is 1. The van der Waals surface area contributed by atoms with Crippen LogP contribution in [0.15, 0.2) is 78.4 Å². The zero-order valence-corrected chi connectivity index (χ0v) is 19.9. The minimum absolute atomic E-state index is 0.00987. The number of aliphatic hydroxyl groups excluding tert-OH is 1. The third kappa shape index (κ3) is 5.23. The van der Waals surface area contributed by atoms with E-state index in [1.165, 1.54) is 31.3 Å². The van der Waals surface area contributed by atoms with Gasteiger partial charge < -0.3 is 24.2 Å². The number of methoxy groups -OCH3 is 2. The number of Topliss-reactive ketones (excluding diaryl/α,β-unsaturated/α-hetero) is 1. The average molecular weight is 492 g/mol. The number of carbonyl (C=O) groups is 2. The van der Waals surface area contributed by atoms with Crippen LogP contribution in [-0.2, 0) is 20.9 Å². The minimum Gasteiger partial charge on any atom is -0.507 e. The van der Waals surface area contributed by atoms with Gasteiger partial charge in [0, 0.05) is 19.2 Å². The maximum absolute atomic E-state index is 13.1. The number of hydrogen-bond acceptors (Lipinski definition) is 6. The molecule has 3 aromatic carbocycles. The summed E-state index contributed by atoms with van der Waals surface area (Å²) in [5, 5.41) is 11.1. The lowest BCUT2D eigenvalue weighted by molar-refractivity contribution is -0.140. The van der Waals surface area contributed by atoms with Crippen molar-refractivity contribution in [1.29, 1.82) is 0 Å². The van der Waals surface area contributed by atoms with Crippen molar-refractivity contribution in [2.45, 2.75) is 12.6 Å². The van der Waals surface area contributed by atoms with E-state index in [2.05, 4.69) is 0 Å². The molecule has 0 bridgehead atoms. The Labute approximate surface area is 208 Å². The van der Waals surface area contributed by atoms with Gasteiger partial charge >= 0.3 is 0 Å². The first kappa shape index (κ1) is 24.9. The van der Waals surface area contributed by atoms with E-state index in [1.807, 2.05) is 0 Å². The molecule has 0 radical (unpaired) electrons. The summed E-state index contributed by atoms with van der Waals surface area (Å²) in [5.41, 5.74) is 1.79. The van der Waals surface area contributed by atoms with E-state index in [0.29, 0.717) is 22.6 Å². The molecular formula is C28H26FNO6. The third-order valence-electron chi connectivity index (χ3n) is 5.93. The largest absolute Gasteiger partial charge is 0.507 e. The Morgan fingerprint density at radius 3 is 2.36 bits per heavy atom. The lowest BCUT2D eigenvalue weighted by Gasteiger charge is -2.25. The van der Waals surface area contributed by atoms with Gasteiger partial charge in [0.15, 0.2) is 0 Å². The van der Waals surface area contributed by atoms with Gasteiger partial charge in [-0.15, -0.1) is 0 Å². The van der Waals surface area contributed by atoms with E-state index in [-0.39, 0.29) is 36.9 Å². The molecule has 0 saturated carbocycles. The van der Waals surface area contributed by atoms with Gasteiger partial charge in [-0.1, -0.05) is 36.4 Å². The van der Waals surface area contributed by atoms with Gasteiger partial charge in [-0.2, -0.15) is 0 Å². The molecule has 7 nitrogen and oxygen atoms in total. The molecule has 0 aliphatic carbocycles. The molecule has 1 amide bonds. The molecule has 1 unspecified atom stereocenters. The Hall–Kier alpha value is -4.17. The number of benzene rings is 3. The number of ketones is 1. The normalized spacial score (nSPS) is 16.9. The second-order valence-corrected chi connectivity index (χ2v) is 8.20. The van der Waals surface area contributed by atoms with Gasteiger partial charge in [0.25, 0.3) is 11.7 Å². The second-order valence-electron chi connectivity index (χ2n) is 8.20. The van der Waals surface area contributed by atoms with Crippen LogP contribution in [0.2, 0.25) is 0 Å². The van der Waals surface area contributed by atoms with E-state index in [1.54, 1.807) is 60.7 Å². The van der Waals surface area contributed by atoms with Crippen LogP contribution in [0.5, 0.6) is 11.5 Å². The summed E-state index contributed by atoms with van der Waals surface area (Å²) < 4.78 is 29.3. The van der Waals surface area contributed by atoms with Crippen molar-refractivity contribution in [3.05, 3.63) is 101 Å². The first-order valence-electron chi connectivity index (χ1n) is 11.3. The van der Waals surface area contributed by atoms with Crippen molar-refractivity contribution in [1.82, 2.24) is 4.90 Å². The number of amides is 1. The predicted octanol–water partition coefficient (Wildman–Crippen LogP) is 4.48. The minimum atomic E-state index is -0.808. The van der Waals surface area contributed by atoms with Crippen molar-refractivity contribution in [2.75, 3.05) is 27.4 Å². The molecule has 0 spiro atoms. The Balaban J connectivity index is 1.66. The maximum atomic E-state index is 13.1. The summed E-state index contributed by atoms with van der Waals surface area (Å²) in [5.74, 6) is -1.01. The number of hydrogen-bond donors (Lipinski definition) is 1. The fourth-order valence-corrected chi connectivity index (χ4v) is 4.07. The third-order valence-corrected chi connectivity index (χ3v) is 5.93. The van der Waals surface area contributed by atoms with Crippen LogP contribution in [0.1, 0.15) is 22.7 Å². The molecule has 1 saturated heterocycles. The monoisotopic (exact) mass is 491 g/mol. The number of likely N-dealkylation sites (tertiary alicyclic amines) is 1. The molecule has 1 aliphatic heterocycles. The van der Waals surface area contributed by atoms with Gasteiger partial charge in [0.05, 0.1) is 25.3 Å². The van der Waals surface area contributed by atoms with Crippen LogP contribution in [0.3, 0.4) is 0 Å². The van der Waals surface area contributed by atoms with Crippen molar-refractivity contribution in [2.24, 2.45) is 0 Å². The molecule has 8 heteroatoms. The van der Waals surface area contributed by atoms with Crippen molar-refractivity contribution in [3.8, 4) is 11.5 Å². The van der Waals surface area contributed by atoms with Gasteiger partial charge in [-0.25, -0.2) is 4.39 Å². The zero-order chi connectivity index (χ0) is 25.7. The van der Waals surface area contributed by atoms with Crippen LogP contribution in [0.25, 0.3) is 5.76 Å². The number of rotatable bonds is 9. The summed E-state index contributed by atoms with van der Waals surface area (Å²) >= 11 is 0. The fraction of sp³-hybridized carbons (Fsp3) is 0.214. The summed E-state index contributed by atoms with van der Waals surface area (Å²) in [7, 11) is 3.01. The van der Waals surface area contributed by atoms with E-state index >= 15 is 0 Å². The molecule has 1 N–H and O–H groups in total. The van der Waals surface area contributed by atoms with E-state index in [9.17, 15) is 19.1 Å². The molecule has 3 aromatic rings. The predicted molar refractivity (Wildman–Crippen MR) is 131 cm³/mol. The van der Waals surface area contributed by atoms with E-state index in [4.69, 9.17) is 14.2 Å². The summed E-state index contributed by atoms with van der Waals surface area (Å²) in [6.07, 6.45) is 0. The molecule has 1 heterocycles. The smallest absolute Gasteiger partial charge is 0.295 e. The Morgan fingerprint density at radius 2 is 1.69 bits per heavy atom. The van der Waals surface area contributed by atoms with Gasteiger partial charge in [-0.05, 0) is 47.5 Å². The highest BCUT2D eigenvalue weighted by atomic mass is 19.1. The SMILES string of the molecule is COCCN1C(=O)C(=O)/C(=C(\O)c2cccc(OC)c2)C1c1ccc(OCc2ccc(F)cc2)cc1. The Bertz CT molecular complexity index is 1270. The van der Waals surface area contributed by atoms with Crippen LogP contribution in [0.4, 0.5) is 4.39 Å². The summed E-state index contributed by atoms with van der Waals surface area (Å²) in [4.78, 5) is 27.4. The van der Waals surface area contributed by atoms with Crippen molar-refractivity contribution < 1.29 is 33.3 Å². The van der Waals surface area contributed by atoms with Gasteiger partial charge in [-0.3, -0.25) is 9.59 Å². The molecule has 36 heavy (non-hydrogen) atoms. The van der Waals surface area contributed by atoms with Crippen LogP contribution < -0.4 is 9.47 Å². The summed E-state index contributed by atoms with van der Waals surface area (Å²) in [6, 6.07) is 18.8. The van der Waals surface area contributed by atoms with Crippen LogP contribution >= 0.6 is 0 Å². The molecular weight excluding hydrogens is 465 g/mol. The molecule has 1 aliphatic rings. The number of nitrogens with zero attached hydrogens (tertiary/aromatic N) is 1. The highest BCUT2D eigenvalue weighted by Gasteiger charge is 2.45. The van der Waals surface area contributed by atoms with Gasteiger partial charge in [0.2, 0.25) is 0 Å². The number of carbonyl (C=O) groups excluding carboxylic acids is 2. The topological polar surface area (TPSA) is 85.3 Å². The van der Waals surface area contributed by atoms with Gasteiger partial charge in [0.1, 0.15) is 29.7 Å². The molecule has 1 fully saturated rings.